The lowest BCUT2D eigenvalue weighted by molar-refractivity contribution is 0.102. The van der Waals surface area contributed by atoms with Crippen molar-refractivity contribution in [2.45, 2.75) is 53.0 Å². The van der Waals surface area contributed by atoms with E-state index in [-0.39, 0.29) is 41.7 Å². The number of benzene rings is 2. The van der Waals surface area contributed by atoms with Crippen molar-refractivity contribution < 1.29 is 9.59 Å². The normalized spacial score (nSPS) is 10.0. The van der Waals surface area contributed by atoms with Crippen LogP contribution in [0.25, 0.3) is 0 Å². The van der Waals surface area contributed by atoms with Gasteiger partial charge in [-0.15, -0.1) is 24.8 Å². The molecule has 0 aliphatic carbocycles. The number of hydrogen-bond donors (Lipinski definition) is 2. The first-order valence-electron chi connectivity index (χ1n) is 9.01. The highest BCUT2D eigenvalue weighted by Gasteiger charge is 2.19. The van der Waals surface area contributed by atoms with Crippen molar-refractivity contribution in [1.29, 1.82) is 0 Å². The first-order valence-corrected chi connectivity index (χ1v) is 9.39. The quantitative estimate of drug-likeness (QED) is 0.261. The predicted molar refractivity (Wildman–Crippen MR) is 127 cm³/mol. The van der Waals surface area contributed by atoms with Gasteiger partial charge in [-0.1, -0.05) is 49.7 Å². The average molecular weight is 462 g/mol. The molecule has 0 saturated carbocycles. The number of rotatable bonds is 5. The molecule has 3 N–H and O–H groups in total. The minimum absolute atomic E-state index is 0. The zero-order valence-corrected chi connectivity index (χ0v) is 19.9. The molecule has 0 radical (unpaired) electrons. The Morgan fingerprint density at radius 1 is 1.03 bits per heavy atom. The molecule has 2 aromatic rings. The smallest absolute Gasteiger partial charge is 0.253 e. The molecule has 2 aromatic carbocycles. The van der Waals surface area contributed by atoms with Crippen molar-refractivity contribution >= 4 is 47.4 Å². The molecule has 0 aromatic heterocycles. The van der Waals surface area contributed by atoms with E-state index in [0.717, 1.165) is 18.4 Å². The fourth-order valence-corrected chi connectivity index (χ4v) is 2.55. The van der Waals surface area contributed by atoms with Gasteiger partial charge in [0, 0.05) is 22.2 Å². The number of hydrogen-bond acceptors (Lipinski definition) is 4. The van der Waals surface area contributed by atoms with Gasteiger partial charge in [0.15, 0.2) is 5.78 Å². The summed E-state index contributed by atoms with van der Waals surface area (Å²) in [5, 5.41) is -0.607. The summed E-state index contributed by atoms with van der Waals surface area (Å²) in [6.45, 7) is 9.94. The largest absolute Gasteiger partial charge is 0.289 e. The maximum atomic E-state index is 12.7. The second-order valence-corrected chi connectivity index (χ2v) is 7.78. The van der Waals surface area contributed by atoms with Crippen molar-refractivity contribution in [1.82, 2.24) is 5.43 Å². The van der Waals surface area contributed by atoms with E-state index in [1.807, 2.05) is 58.0 Å². The van der Waals surface area contributed by atoms with Gasteiger partial charge in [0.05, 0.1) is 0 Å². The predicted octanol–water partition coefficient (Wildman–Crippen LogP) is 5.65. The minimum Gasteiger partial charge on any atom is -0.289 e. The number of hydrazine groups is 1. The summed E-state index contributed by atoms with van der Waals surface area (Å²) in [6.07, 6.45) is 2.06. The maximum absolute atomic E-state index is 12.7. The molecular weight excluding hydrogens is 431 g/mol. The van der Waals surface area contributed by atoms with Gasteiger partial charge in [0.2, 0.25) is 0 Å². The van der Waals surface area contributed by atoms with Crippen LogP contribution in [0.1, 0.15) is 71.5 Å². The Morgan fingerprint density at radius 2 is 1.55 bits per heavy atom. The van der Waals surface area contributed by atoms with Crippen LogP contribution >= 0.6 is 36.4 Å². The van der Waals surface area contributed by atoms with E-state index in [4.69, 9.17) is 17.4 Å². The SMILES string of the molecule is CC(C)(C)NN.CCCc1ccc(C(=O)c2c(C)cccc2C(=O)Cl)cc1.Cl.Cl. The lowest BCUT2D eigenvalue weighted by Crippen LogP contribution is -2.41. The third kappa shape index (κ3) is 9.75. The van der Waals surface area contributed by atoms with Crippen LogP contribution in [-0.2, 0) is 6.42 Å². The topological polar surface area (TPSA) is 72.2 Å². The molecule has 29 heavy (non-hydrogen) atoms. The Morgan fingerprint density at radius 3 is 1.97 bits per heavy atom. The average Bonchev–Trinajstić information content (AvgIpc) is 2.61. The summed E-state index contributed by atoms with van der Waals surface area (Å²) < 4.78 is 0. The zero-order valence-electron chi connectivity index (χ0n) is 17.5. The van der Waals surface area contributed by atoms with E-state index >= 15 is 0 Å². The molecule has 0 atom stereocenters. The summed E-state index contributed by atoms with van der Waals surface area (Å²) in [7, 11) is 0. The molecule has 0 spiro atoms. The molecular formula is C22H31Cl3N2O2. The zero-order chi connectivity index (χ0) is 20.6. The molecule has 0 amide bonds. The van der Waals surface area contributed by atoms with E-state index in [2.05, 4.69) is 12.3 Å². The number of carbonyl (C=O) groups is 2. The molecule has 4 nitrogen and oxygen atoms in total. The van der Waals surface area contributed by atoms with Crippen LogP contribution in [0.5, 0.6) is 0 Å². The first kappa shape index (κ1) is 29.8. The summed E-state index contributed by atoms with van der Waals surface area (Å²) in [6, 6.07) is 12.6. The van der Waals surface area contributed by atoms with Gasteiger partial charge in [0.1, 0.15) is 0 Å². The Labute approximate surface area is 191 Å². The highest BCUT2D eigenvalue weighted by Crippen LogP contribution is 2.21. The molecule has 0 unspecified atom stereocenters. The number of aryl methyl sites for hydroxylation is 2. The molecule has 0 saturated heterocycles. The Bertz CT molecular complexity index is 786. The first-order chi connectivity index (χ1) is 12.6. The van der Waals surface area contributed by atoms with Crippen molar-refractivity contribution in [2.75, 3.05) is 0 Å². The maximum Gasteiger partial charge on any atom is 0.253 e. The number of halogens is 3. The highest BCUT2D eigenvalue weighted by atomic mass is 35.5. The Kier molecular flexibility index (Phi) is 14.1. The third-order valence-corrected chi connectivity index (χ3v) is 4.10. The number of nitrogens with one attached hydrogen (secondary N) is 1. The molecule has 0 aliphatic rings. The van der Waals surface area contributed by atoms with Crippen LogP contribution in [-0.4, -0.2) is 16.6 Å². The van der Waals surface area contributed by atoms with Crippen LogP contribution < -0.4 is 11.3 Å². The second kappa shape index (κ2) is 13.7. The molecule has 162 valence electrons. The lowest BCUT2D eigenvalue weighted by Gasteiger charge is -2.14. The van der Waals surface area contributed by atoms with Crippen LogP contribution in [0.15, 0.2) is 42.5 Å². The molecule has 0 aliphatic heterocycles. The van der Waals surface area contributed by atoms with Crippen LogP contribution in [0.4, 0.5) is 0 Å². The molecule has 7 heteroatoms. The minimum atomic E-state index is -0.607. The second-order valence-electron chi connectivity index (χ2n) is 7.44. The summed E-state index contributed by atoms with van der Waals surface area (Å²) >= 11 is 5.59. The van der Waals surface area contributed by atoms with Crippen LogP contribution in [0.2, 0.25) is 0 Å². The van der Waals surface area contributed by atoms with Crippen molar-refractivity contribution in [3.05, 3.63) is 70.3 Å². The fraction of sp³-hybridized carbons (Fsp3) is 0.364. The molecule has 0 heterocycles. The van der Waals surface area contributed by atoms with E-state index in [1.54, 1.807) is 12.1 Å². The lowest BCUT2D eigenvalue weighted by atomic mass is 9.94. The summed E-state index contributed by atoms with van der Waals surface area (Å²) in [5.41, 5.74) is 5.85. The number of carbonyl (C=O) groups excluding carboxylic acids is 2. The van der Waals surface area contributed by atoms with Crippen LogP contribution in [0, 0.1) is 6.92 Å². The molecule has 0 fully saturated rings. The summed E-state index contributed by atoms with van der Waals surface area (Å²) in [5.74, 6) is 4.89. The summed E-state index contributed by atoms with van der Waals surface area (Å²) in [4.78, 5) is 24.2. The van der Waals surface area contributed by atoms with Crippen molar-refractivity contribution in [2.24, 2.45) is 5.84 Å². The van der Waals surface area contributed by atoms with Crippen molar-refractivity contribution in [3.63, 3.8) is 0 Å². The Balaban J connectivity index is 0. The van der Waals surface area contributed by atoms with E-state index in [0.29, 0.717) is 11.1 Å². The monoisotopic (exact) mass is 460 g/mol. The van der Waals surface area contributed by atoms with Gasteiger partial charge >= 0.3 is 0 Å². The van der Waals surface area contributed by atoms with Gasteiger partial charge in [0.25, 0.3) is 5.24 Å². The molecule has 0 bridgehead atoms. The van der Waals surface area contributed by atoms with Gasteiger partial charge in [-0.25, -0.2) is 0 Å². The fourth-order valence-electron chi connectivity index (χ4n) is 2.39. The molecule has 2 rings (SSSR count). The van der Waals surface area contributed by atoms with Crippen LogP contribution in [0.3, 0.4) is 0 Å². The standard InChI is InChI=1S/C18H17ClO2.C4H12N2.2ClH/c1-3-5-13-8-10-14(11-9-13)17(20)16-12(2)6-4-7-15(16)18(19)21;1-4(2,3)6-5;;/h4,6-11H,3,5H2,1-2H3;6H,5H2,1-3H3;2*1H. The van der Waals surface area contributed by atoms with Gasteiger partial charge in [-0.2, -0.15) is 0 Å². The van der Waals surface area contributed by atoms with E-state index in [9.17, 15) is 9.59 Å². The van der Waals surface area contributed by atoms with E-state index < -0.39 is 5.24 Å². The van der Waals surface area contributed by atoms with Gasteiger partial charge in [-0.05, 0) is 62.9 Å². The van der Waals surface area contributed by atoms with Crippen molar-refractivity contribution in [3.8, 4) is 0 Å². The van der Waals surface area contributed by atoms with E-state index in [1.165, 1.54) is 5.56 Å². The number of ketones is 1. The third-order valence-electron chi connectivity index (χ3n) is 3.90. The highest BCUT2D eigenvalue weighted by molar-refractivity contribution is 6.68. The van der Waals surface area contributed by atoms with Gasteiger partial charge < -0.3 is 0 Å². The number of nitrogens with two attached hydrogens (primary N) is 1. The Hall–Kier alpha value is -1.43. The van der Waals surface area contributed by atoms with Gasteiger partial charge in [-0.3, -0.25) is 20.9 Å².